The van der Waals surface area contributed by atoms with Crippen LogP contribution in [0.5, 0.6) is 5.75 Å². The number of rotatable bonds is 3. The summed E-state index contributed by atoms with van der Waals surface area (Å²) < 4.78 is 6.29. The van der Waals surface area contributed by atoms with E-state index in [1.807, 2.05) is 12.1 Å². The van der Waals surface area contributed by atoms with Gasteiger partial charge in [0, 0.05) is 4.47 Å². The van der Waals surface area contributed by atoms with Crippen LogP contribution in [0.2, 0.25) is 0 Å². The quantitative estimate of drug-likeness (QED) is 0.615. The van der Waals surface area contributed by atoms with E-state index in [-0.39, 0.29) is 5.38 Å². The maximum atomic E-state index is 6.80. The summed E-state index contributed by atoms with van der Waals surface area (Å²) in [6.45, 7) is 4.70. The summed E-state index contributed by atoms with van der Waals surface area (Å²) in [4.78, 5) is 0. The van der Waals surface area contributed by atoms with E-state index < -0.39 is 0 Å². The Morgan fingerprint density at radius 2 is 2.11 bits per heavy atom. The Kier molecular flexibility index (Phi) is 4.84. The van der Waals surface area contributed by atoms with Crippen molar-refractivity contribution in [1.29, 1.82) is 0 Å². The Labute approximate surface area is 129 Å². The first-order valence-corrected chi connectivity index (χ1v) is 8.16. The predicted octanol–water partition coefficient (Wildman–Crippen LogP) is 5.95. The van der Waals surface area contributed by atoms with Crippen LogP contribution in [0, 0.1) is 11.3 Å². The molecule has 19 heavy (non-hydrogen) atoms. The Morgan fingerprint density at radius 1 is 1.37 bits per heavy atom. The molecule has 1 aliphatic rings. The van der Waals surface area contributed by atoms with Crippen molar-refractivity contribution in [2.24, 2.45) is 11.3 Å². The molecular formula is C16H22BrClO. The molecule has 0 aromatic heterocycles. The normalized spacial score (nSPS) is 23.9. The molecule has 1 nitrogen and oxygen atoms in total. The third-order valence-corrected chi connectivity index (χ3v) is 5.67. The molecule has 1 saturated carbocycles. The van der Waals surface area contributed by atoms with Gasteiger partial charge in [-0.05, 0) is 41.9 Å². The van der Waals surface area contributed by atoms with E-state index in [0.29, 0.717) is 11.3 Å². The fourth-order valence-corrected chi connectivity index (χ4v) is 4.53. The average molecular weight is 346 g/mol. The van der Waals surface area contributed by atoms with Gasteiger partial charge in [-0.25, -0.2) is 0 Å². The molecule has 2 unspecified atom stereocenters. The molecule has 0 radical (unpaired) electrons. The molecule has 0 bridgehead atoms. The van der Waals surface area contributed by atoms with Gasteiger partial charge in [0.1, 0.15) is 5.75 Å². The summed E-state index contributed by atoms with van der Waals surface area (Å²) in [5, 5.41) is 0.0654. The Hall–Kier alpha value is -0.210. The van der Waals surface area contributed by atoms with Gasteiger partial charge >= 0.3 is 0 Å². The number of methoxy groups -OCH3 is 1. The summed E-state index contributed by atoms with van der Waals surface area (Å²) in [6, 6.07) is 6.08. The number of hydrogen-bond acceptors (Lipinski definition) is 1. The highest BCUT2D eigenvalue weighted by atomic mass is 79.9. The van der Waals surface area contributed by atoms with Gasteiger partial charge < -0.3 is 4.74 Å². The third kappa shape index (κ3) is 3.28. The lowest BCUT2D eigenvalue weighted by molar-refractivity contribution is 0.133. The lowest BCUT2D eigenvalue weighted by Crippen LogP contribution is -2.31. The minimum atomic E-state index is 0.0654. The molecule has 1 aromatic rings. The van der Waals surface area contributed by atoms with Crippen molar-refractivity contribution in [3.05, 3.63) is 28.2 Å². The van der Waals surface area contributed by atoms with Crippen LogP contribution >= 0.6 is 27.5 Å². The van der Waals surface area contributed by atoms with Gasteiger partial charge in [0.2, 0.25) is 0 Å². The Morgan fingerprint density at radius 3 is 2.68 bits per heavy atom. The molecule has 2 rings (SSSR count). The monoisotopic (exact) mass is 344 g/mol. The average Bonchev–Trinajstić information content (AvgIpc) is 2.37. The fraction of sp³-hybridized carbons (Fsp3) is 0.625. The van der Waals surface area contributed by atoms with Crippen LogP contribution in [0.15, 0.2) is 22.7 Å². The molecule has 0 heterocycles. The highest BCUT2D eigenvalue weighted by Crippen LogP contribution is 2.50. The van der Waals surface area contributed by atoms with Crippen molar-refractivity contribution in [3.8, 4) is 5.75 Å². The Bertz CT molecular complexity index is 444. The lowest BCUT2D eigenvalue weighted by atomic mass is 9.66. The van der Waals surface area contributed by atoms with Crippen LogP contribution in [-0.4, -0.2) is 7.11 Å². The van der Waals surface area contributed by atoms with Gasteiger partial charge in [0.05, 0.1) is 12.5 Å². The predicted molar refractivity (Wildman–Crippen MR) is 85.0 cm³/mol. The zero-order valence-corrected chi connectivity index (χ0v) is 14.2. The van der Waals surface area contributed by atoms with Crippen molar-refractivity contribution in [1.82, 2.24) is 0 Å². The number of halogens is 2. The van der Waals surface area contributed by atoms with Crippen molar-refractivity contribution < 1.29 is 4.74 Å². The second-order valence-corrected chi connectivity index (χ2v) is 7.45. The molecular weight excluding hydrogens is 324 g/mol. The fourth-order valence-electron chi connectivity index (χ4n) is 3.14. The summed E-state index contributed by atoms with van der Waals surface area (Å²) in [7, 11) is 1.68. The molecule has 3 heteroatoms. The van der Waals surface area contributed by atoms with Crippen LogP contribution in [-0.2, 0) is 0 Å². The second-order valence-electron chi connectivity index (χ2n) is 6.13. The van der Waals surface area contributed by atoms with Gasteiger partial charge in [-0.1, -0.05) is 48.7 Å². The van der Waals surface area contributed by atoms with Crippen molar-refractivity contribution in [2.75, 3.05) is 7.11 Å². The minimum Gasteiger partial charge on any atom is -0.497 e. The van der Waals surface area contributed by atoms with Crippen molar-refractivity contribution in [3.63, 3.8) is 0 Å². The minimum absolute atomic E-state index is 0.0654. The molecule has 0 spiro atoms. The first-order chi connectivity index (χ1) is 8.95. The SMILES string of the molecule is COc1ccc(C(Cl)C2CCCCC2(C)C)c(Br)c1. The standard InChI is InChI=1S/C16H22BrClO/c1-16(2)9-5-4-6-13(16)15(18)12-8-7-11(19-3)10-14(12)17/h7-8,10,13,15H,4-6,9H2,1-3H3. The molecule has 1 aromatic carbocycles. The van der Waals surface area contributed by atoms with E-state index in [4.69, 9.17) is 16.3 Å². The third-order valence-electron chi connectivity index (χ3n) is 4.45. The highest BCUT2D eigenvalue weighted by molar-refractivity contribution is 9.10. The van der Waals surface area contributed by atoms with E-state index in [2.05, 4.69) is 35.8 Å². The summed E-state index contributed by atoms with van der Waals surface area (Å²) >= 11 is 10.4. The maximum Gasteiger partial charge on any atom is 0.120 e. The number of ether oxygens (including phenoxy) is 1. The van der Waals surface area contributed by atoms with Gasteiger partial charge in [0.25, 0.3) is 0 Å². The molecule has 0 amide bonds. The summed E-state index contributed by atoms with van der Waals surface area (Å²) in [5.41, 5.74) is 1.51. The summed E-state index contributed by atoms with van der Waals surface area (Å²) in [5.74, 6) is 1.40. The maximum absolute atomic E-state index is 6.80. The van der Waals surface area contributed by atoms with Crippen LogP contribution < -0.4 is 4.74 Å². The van der Waals surface area contributed by atoms with Crippen LogP contribution in [0.4, 0.5) is 0 Å². The molecule has 0 N–H and O–H groups in total. The van der Waals surface area contributed by atoms with E-state index in [1.54, 1.807) is 7.11 Å². The van der Waals surface area contributed by atoms with E-state index in [0.717, 1.165) is 10.2 Å². The second kappa shape index (κ2) is 6.05. The Balaban J connectivity index is 2.25. The van der Waals surface area contributed by atoms with E-state index in [1.165, 1.54) is 31.2 Å². The van der Waals surface area contributed by atoms with Crippen LogP contribution in [0.1, 0.15) is 50.5 Å². The van der Waals surface area contributed by atoms with Gasteiger partial charge in [0.15, 0.2) is 0 Å². The van der Waals surface area contributed by atoms with Gasteiger partial charge in [-0.15, -0.1) is 11.6 Å². The van der Waals surface area contributed by atoms with Crippen LogP contribution in [0.3, 0.4) is 0 Å². The largest absolute Gasteiger partial charge is 0.497 e. The van der Waals surface area contributed by atoms with Crippen molar-refractivity contribution >= 4 is 27.5 Å². The summed E-state index contributed by atoms with van der Waals surface area (Å²) in [6.07, 6.45) is 5.12. The molecule has 2 atom stereocenters. The molecule has 1 fully saturated rings. The van der Waals surface area contributed by atoms with Crippen LogP contribution in [0.25, 0.3) is 0 Å². The molecule has 106 valence electrons. The van der Waals surface area contributed by atoms with Gasteiger partial charge in [-0.3, -0.25) is 0 Å². The molecule has 1 aliphatic carbocycles. The van der Waals surface area contributed by atoms with Gasteiger partial charge in [-0.2, -0.15) is 0 Å². The molecule has 0 aliphatic heterocycles. The zero-order chi connectivity index (χ0) is 14.0. The van der Waals surface area contributed by atoms with Crippen molar-refractivity contribution in [2.45, 2.75) is 44.9 Å². The molecule has 0 saturated heterocycles. The smallest absolute Gasteiger partial charge is 0.120 e. The first-order valence-electron chi connectivity index (χ1n) is 6.93. The zero-order valence-electron chi connectivity index (χ0n) is 11.9. The number of hydrogen-bond donors (Lipinski definition) is 0. The topological polar surface area (TPSA) is 9.23 Å². The van der Waals surface area contributed by atoms with E-state index in [9.17, 15) is 0 Å². The number of benzene rings is 1. The first kappa shape index (κ1) is 15.2. The lowest BCUT2D eigenvalue weighted by Gasteiger charge is -2.41. The number of alkyl halides is 1. The van der Waals surface area contributed by atoms with E-state index >= 15 is 0 Å². The highest BCUT2D eigenvalue weighted by Gasteiger charge is 2.37.